The van der Waals surface area contributed by atoms with Gasteiger partial charge >= 0.3 is 5.97 Å². The van der Waals surface area contributed by atoms with Crippen molar-refractivity contribution < 1.29 is 14.7 Å². The second-order valence-corrected chi connectivity index (χ2v) is 3.18. The van der Waals surface area contributed by atoms with Gasteiger partial charge in [-0.1, -0.05) is 35.5 Å². The smallest absolute Gasteiger partial charge is 0.309 e. The van der Waals surface area contributed by atoms with E-state index in [1.807, 2.05) is 30.3 Å². The Labute approximate surface area is 88.2 Å². The number of oxime groups is 1. The molecule has 1 rings (SSSR count). The van der Waals surface area contributed by atoms with Gasteiger partial charge in [-0.05, 0) is 12.5 Å². The zero-order valence-corrected chi connectivity index (χ0v) is 8.46. The van der Waals surface area contributed by atoms with Crippen LogP contribution in [-0.4, -0.2) is 23.9 Å². The van der Waals surface area contributed by atoms with Gasteiger partial charge in [0.1, 0.15) is 6.61 Å². The third kappa shape index (κ3) is 4.26. The minimum Gasteiger partial charge on any atom is -0.481 e. The van der Waals surface area contributed by atoms with Gasteiger partial charge in [0.15, 0.2) is 0 Å². The lowest BCUT2D eigenvalue weighted by molar-refractivity contribution is -0.143. The third-order valence-electron chi connectivity index (χ3n) is 1.82. The molecule has 80 valence electrons. The molecule has 4 nitrogen and oxygen atoms in total. The van der Waals surface area contributed by atoms with Crippen molar-refractivity contribution in [3.63, 3.8) is 0 Å². The molecular formula is C11H13NO3. The fraction of sp³-hybridized carbons (Fsp3) is 0.273. The van der Waals surface area contributed by atoms with Crippen molar-refractivity contribution >= 4 is 12.2 Å². The molecule has 4 heteroatoms. The lowest BCUT2D eigenvalue weighted by Crippen LogP contribution is -2.14. The van der Waals surface area contributed by atoms with Gasteiger partial charge in [0, 0.05) is 0 Å². The van der Waals surface area contributed by atoms with Crippen LogP contribution in [0.2, 0.25) is 0 Å². The highest BCUT2D eigenvalue weighted by atomic mass is 16.6. The largest absolute Gasteiger partial charge is 0.481 e. The molecule has 0 bridgehead atoms. The molecule has 0 saturated heterocycles. The first-order valence-electron chi connectivity index (χ1n) is 4.63. The number of hydrogen-bond donors (Lipinski definition) is 1. The fourth-order valence-corrected chi connectivity index (χ4v) is 0.863. The lowest BCUT2D eigenvalue weighted by atomic mass is 10.2. The van der Waals surface area contributed by atoms with Gasteiger partial charge in [-0.2, -0.15) is 0 Å². The first kappa shape index (κ1) is 11.2. The molecule has 0 aromatic heterocycles. The Kier molecular flexibility index (Phi) is 4.34. The summed E-state index contributed by atoms with van der Waals surface area (Å²) in [7, 11) is 0. The Morgan fingerprint density at radius 3 is 2.80 bits per heavy atom. The van der Waals surface area contributed by atoms with E-state index in [-0.39, 0.29) is 6.61 Å². The average Bonchev–Trinajstić information content (AvgIpc) is 2.25. The summed E-state index contributed by atoms with van der Waals surface area (Å²) in [5.74, 6) is -1.43. The van der Waals surface area contributed by atoms with Gasteiger partial charge in [0.25, 0.3) is 0 Å². The number of carbonyl (C=O) groups is 1. The molecule has 0 heterocycles. The van der Waals surface area contributed by atoms with Crippen LogP contribution < -0.4 is 0 Å². The molecular weight excluding hydrogens is 194 g/mol. The molecule has 0 aliphatic heterocycles. The van der Waals surface area contributed by atoms with Crippen molar-refractivity contribution in [1.29, 1.82) is 0 Å². The number of rotatable bonds is 5. The molecule has 1 aromatic carbocycles. The van der Waals surface area contributed by atoms with E-state index in [1.165, 1.54) is 0 Å². The number of benzene rings is 1. The van der Waals surface area contributed by atoms with E-state index in [2.05, 4.69) is 5.16 Å². The van der Waals surface area contributed by atoms with E-state index in [9.17, 15) is 4.79 Å². The third-order valence-corrected chi connectivity index (χ3v) is 1.82. The molecule has 0 aliphatic rings. The highest BCUT2D eigenvalue weighted by Gasteiger charge is 2.10. The summed E-state index contributed by atoms with van der Waals surface area (Å²) >= 11 is 0. The van der Waals surface area contributed by atoms with Crippen molar-refractivity contribution in [2.45, 2.75) is 6.92 Å². The monoisotopic (exact) mass is 207 g/mol. The van der Waals surface area contributed by atoms with E-state index in [0.717, 1.165) is 5.56 Å². The fourth-order valence-electron chi connectivity index (χ4n) is 0.863. The van der Waals surface area contributed by atoms with Crippen LogP contribution in [0.1, 0.15) is 12.5 Å². The van der Waals surface area contributed by atoms with Gasteiger partial charge in [-0.3, -0.25) is 4.79 Å². The maximum Gasteiger partial charge on any atom is 0.309 e. The zero-order valence-electron chi connectivity index (χ0n) is 8.46. The maximum atomic E-state index is 10.4. The van der Waals surface area contributed by atoms with E-state index >= 15 is 0 Å². The zero-order chi connectivity index (χ0) is 11.1. The highest BCUT2D eigenvalue weighted by molar-refractivity contribution is 5.78. The second-order valence-electron chi connectivity index (χ2n) is 3.18. The highest BCUT2D eigenvalue weighted by Crippen LogP contribution is 1.97. The Morgan fingerprint density at radius 2 is 2.20 bits per heavy atom. The first-order chi connectivity index (χ1) is 7.20. The van der Waals surface area contributed by atoms with Crippen LogP contribution in [0.5, 0.6) is 0 Å². The van der Waals surface area contributed by atoms with Gasteiger partial charge in [-0.15, -0.1) is 0 Å². The topological polar surface area (TPSA) is 58.9 Å². The number of carboxylic acid groups (broad SMARTS) is 1. The summed E-state index contributed by atoms with van der Waals surface area (Å²) in [6, 6.07) is 9.45. The summed E-state index contributed by atoms with van der Waals surface area (Å²) in [5.41, 5.74) is 0.917. The minimum atomic E-state index is -0.884. The van der Waals surface area contributed by atoms with Crippen molar-refractivity contribution in [3.8, 4) is 0 Å². The number of aliphatic carboxylic acids is 1. The summed E-state index contributed by atoms with van der Waals surface area (Å²) in [6.45, 7) is 1.65. The summed E-state index contributed by atoms with van der Waals surface area (Å²) in [5, 5.41) is 12.2. The van der Waals surface area contributed by atoms with Crippen LogP contribution in [-0.2, 0) is 9.63 Å². The summed E-state index contributed by atoms with van der Waals surface area (Å²) in [6.07, 6.45) is 1.55. The van der Waals surface area contributed by atoms with Crippen LogP contribution in [0, 0.1) is 5.92 Å². The molecule has 0 fully saturated rings. The van der Waals surface area contributed by atoms with Crippen molar-refractivity contribution in [2.75, 3.05) is 6.61 Å². The molecule has 1 aromatic rings. The summed E-state index contributed by atoms with van der Waals surface area (Å²) < 4.78 is 0. The Hall–Kier alpha value is -1.84. The number of nitrogens with zero attached hydrogens (tertiary/aromatic N) is 1. The lowest BCUT2D eigenvalue weighted by Gasteiger charge is -2.02. The van der Waals surface area contributed by atoms with E-state index in [4.69, 9.17) is 9.94 Å². The molecule has 1 N–H and O–H groups in total. The van der Waals surface area contributed by atoms with Gasteiger partial charge < -0.3 is 9.94 Å². The van der Waals surface area contributed by atoms with Crippen LogP contribution >= 0.6 is 0 Å². The van der Waals surface area contributed by atoms with Crippen LogP contribution in [0.25, 0.3) is 0 Å². The minimum absolute atomic E-state index is 0.0820. The Balaban J connectivity index is 2.32. The Bertz CT molecular complexity index is 335. The van der Waals surface area contributed by atoms with Gasteiger partial charge in [-0.25, -0.2) is 0 Å². The average molecular weight is 207 g/mol. The molecule has 0 amide bonds. The van der Waals surface area contributed by atoms with Crippen molar-refractivity contribution in [1.82, 2.24) is 0 Å². The van der Waals surface area contributed by atoms with Crippen molar-refractivity contribution in [2.24, 2.45) is 11.1 Å². The molecule has 0 aliphatic carbocycles. The van der Waals surface area contributed by atoms with Crippen LogP contribution in [0.4, 0.5) is 0 Å². The van der Waals surface area contributed by atoms with Gasteiger partial charge in [0.05, 0.1) is 12.1 Å². The van der Waals surface area contributed by atoms with E-state index in [0.29, 0.717) is 0 Å². The van der Waals surface area contributed by atoms with E-state index < -0.39 is 11.9 Å². The Morgan fingerprint density at radius 1 is 1.53 bits per heavy atom. The maximum absolute atomic E-state index is 10.4. The van der Waals surface area contributed by atoms with E-state index in [1.54, 1.807) is 13.1 Å². The molecule has 0 unspecified atom stereocenters. The molecule has 0 spiro atoms. The summed E-state index contributed by atoms with van der Waals surface area (Å²) in [4.78, 5) is 15.3. The normalized spacial score (nSPS) is 12.6. The first-order valence-corrected chi connectivity index (χ1v) is 4.63. The van der Waals surface area contributed by atoms with Gasteiger partial charge in [0.2, 0.25) is 0 Å². The molecule has 0 saturated carbocycles. The standard InChI is InChI=1S/C11H13NO3/c1-9(11(13)14)8-15-12-7-10-5-3-2-4-6-10/h2-7,9H,8H2,1H3,(H,13,14)/b12-7+/t9-/m1/s1. The quantitative estimate of drug-likeness (QED) is 0.591. The molecule has 1 atom stereocenters. The predicted molar refractivity (Wildman–Crippen MR) is 56.8 cm³/mol. The number of carboxylic acids is 1. The SMILES string of the molecule is C[C@H](CO/N=C/c1ccccc1)C(=O)O. The predicted octanol–water partition coefficient (Wildman–Crippen LogP) is 1.76. The van der Waals surface area contributed by atoms with Crippen LogP contribution in [0.15, 0.2) is 35.5 Å². The van der Waals surface area contributed by atoms with Crippen LogP contribution in [0.3, 0.4) is 0 Å². The second kappa shape index (κ2) is 5.80. The number of hydrogen-bond acceptors (Lipinski definition) is 3. The van der Waals surface area contributed by atoms with Crippen molar-refractivity contribution in [3.05, 3.63) is 35.9 Å². The molecule has 15 heavy (non-hydrogen) atoms. The molecule has 0 radical (unpaired) electrons.